The minimum Gasteiger partial charge on any atom is -0.460 e. The van der Waals surface area contributed by atoms with Crippen molar-refractivity contribution in [3.05, 3.63) is 144 Å². The second-order valence-corrected chi connectivity index (χ2v) is 8.07. The summed E-state index contributed by atoms with van der Waals surface area (Å²) in [5.74, 6) is -0.180. The Morgan fingerprint density at radius 3 is 1.53 bits per heavy atom. The van der Waals surface area contributed by atoms with Crippen molar-refractivity contribution in [2.45, 2.75) is 18.2 Å². The molecule has 2 atom stereocenters. The van der Waals surface area contributed by atoms with Crippen LogP contribution in [-0.4, -0.2) is 23.5 Å². The van der Waals surface area contributed by atoms with Crippen LogP contribution in [0.15, 0.2) is 121 Å². The number of hydrogen-bond acceptors (Lipinski definition) is 3. The van der Waals surface area contributed by atoms with Crippen molar-refractivity contribution in [3.8, 4) is 0 Å². The number of esters is 1. The van der Waals surface area contributed by atoms with Crippen LogP contribution in [0.2, 0.25) is 0 Å². The van der Waals surface area contributed by atoms with Gasteiger partial charge in [-0.15, -0.1) is 0 Å². The normalized spacial score (nSPS) is 17.5. The van der Waals surface area contributed by atoms with Gasteiger partial charge in [0, 0.05) is 6.54 Å². The zero-order valence-electron chi connectivity index (χ0n) is 17.8. The number of benzene rings is 4. The Kier molecular flexibility index (Phi) is 5.57. The number of nitrogens with zero attached hydrogens (tertiary/aromatic N) is 1. The Morgan fingerprint density at radius 1 is 0.688 bits per heavy atom. The molecule has 0 amide bonds. The van der Waals surface area contributed by atoms with Gasteiger partial charge in [0.15, 0.2) is 0 Å². The van der Waals surface area contributed by atoms with Gasteiger partial charge in [-0.1, -0.05) is 121 Å². The first kappa shape index (κ1) is 20.2. The fourth-order valence-electron chi connectivity index (χ4n) is 4.57. The second kappa shape index (κ2) is 8.81. The van der Waals surface area contributed by atoms with E-state index in [1.807, 2.05) is 48.5 Å². The van der Waals surface area contributed by atoms with Crippen LogP contribution in [0.25, 0.3) is 0 Å². The van der Waals surface area contributed by atoms with E-state index in [1.54, 1.807) is 0 Å². The summed E-state index contributed by atoms with van der Waals surface area (Å²) in [5, 5.41) is 0. The molecule has 0 N–H and O–H groups in total. The molecule has 4 aromatic carbocycles. The fraction of sp³-hybridized carbons (Fsp3) is 0.138. The maximum absolute atomic E-state index is 13.1. The minimum absolute atomic E-state index is 0.180. The number of hydrogen-bond donors (Lipinski definition) is 0. The third kappa shape index (κ3) is 3.72. The van der Waals surface area contributed by atoms with Crippen molar-refractivity contribution < 1.29 is 9.53 Å². The SMILES string of the molecule is O=C(OCc1ccccc1)C1CN1C(c1ccccc1)(c1ccccc1)c1ccccc1. The average Bonchev–Trinajstić information content (AvgIpc) is 3.67. The molecule has 1 saturated heterocycles. The van der Waals surface area contributed by atoms with Gasteiger partial charge in [0.1, 0.15) is 12.6 Å². The van der Waals surface area contributed by atoms with Gasteiger partial charge in [-0.3, -0.25) is 9.69 Å². The largest absolute Gasteiger partial charge is 0.460 e. The molecule has 1 fully saturated rings. The van der Waals surface area contributed by atoms with E-state index in [-0.39, 0.29) is 12.0 Å². The molecular weight excluding hydrogens is 394 g/mol. The Bertz CT molecular complexity index is 1060. The lowest BCUT2D eigenvalue weighted by molar-refractivity contribution is -0.145. The first-order valence-electron chi connectivity index (χ1n) is 10.9. The Labute approximate surface area is 188 Å². The van der Waals surface area contributed by atoms with Gasteiger partial charge in [-0.25, -0.2) is 0 Å². The van der Waals surface area contributed by atoms with E-state index in [0.29, 0.717) is 13.2 Å². The number of carbonyl (C=O) groups is 1. The van der Waals surface area contributed by atoms with E-state index >= 15 is 0 Å². The van der Waals surface area contributed by atoms with Crippen LogP contribution >= 0.6 is 0 Å². The summed E-state index contributed by atoms with van der Waals surface area (Å²) in [5.41, 5.74) is 3.83. The number of rotatable bonds is 7. The van der Waals surface area contributed by atoms with Crippen molar-refractivity contribution in [3.63, 3.8) is 0 Å². The van der Waals surface area contributed by atoms with Gasteiger partial charge in [0.25, 0.3) is 0 Å². The fourth-order valence-corrected chi connectivity index (χ4v) is 4.57. The van der Waals surface area contributed by atoms with Crippen LogP contribution in [0.5, 0.6) is 0 Å². The monoisotopic (exact) mass is 419 g/mol. The van der Waals surface area contributed by atoms with Gasteiger partial charge >= 0.3 is 5.97 Å². The Morgan fingerprint density at radius 2 is 1.09 bits per heavy atom. The quantitative estimate of drug-likeness (QED) is 0.228. The van der Waals surface area contributed by atoms with Crippen molar-refractivity contribution in [2.24, 2.45) is 0 Å². The molecule has 32 heavy (non-hydrogen) atoms. The molecule has 0 bridgehead atoms. The van der Waals surface area contributed by atoms with Gasteiger partial charge in [-0.05, 0) is 22.3 Å². The standard InChI is InChI=1S/C29H25NO2/c31-28(32-22-23-13-5-1-6-14-23)27-21-30(27)29(24-15-7-2-8-16-24,25-17-9-3-10-18-25)26-19-11-4-12-20-26/h1-20,27H,21-22H2. The van der Waals surface area contributed by atoms with Gasteiger partial charge in [0.05, 0.1) is 5.54 Å². The van der Waals surface area contributed by atoms with Crippen LogP contribution in [0, 0.1) is 0 Å². The zero-order chi connectivity index (χ0) is 21.8. The molecule has 1 aliphatic rings. The maximum atomic E-state index is 13.1. The molecule has 3 heteroatoms. The molecule has 0 aromatic heterocycles. The van der Waals surface area contributed by atoms with Gasteiger partial charge in [0.2, 0.25) is 0 Å². The molecule has 3 nitrogen and oxygen atoms in total. The smallest absolute Gasteiger partial charge is 0.325 e. The van der Waals surface area contributed by atoms with Crippen molar-refractivity contribution in [2.75, 3.05) is 6.54 Å². The third-order valence-corrected chi connectivity index (χ3v) is 6.11. The first-order valence-corrected chi connectivity index (χ1v) is 10.9. The molecule has 0 radical (unpaired) electrons. The highest BCUT2D eigenvalue weighted by molar-refractivity contribution is 5.80. The van der Waals surface area contributed by atoms with Crippen molar-refractivity contribution >= 4 is 5.97 Å². The first-order chi connectivity index (χ1) is 15.8. The molecular formula is C29H25NO2. The third-order valence-electron chi connectivity index (χ3n) is 6.11. The lowest BCUT2D eigenvalue weighted by atomic mass is 9.76. The molecule has 1 heterocycles. The molecule has 4 aromatic rings. The minimum atomic E-state index is -0.569. The Balaban J connectivity index is 1.53. The highest BCUT2D eigenvalue weighted by atomic mass is 16.5. The summed E-state index contributed by atoms with van der Waals surface area (Å²) in [4.78, 5) is 15.3. The van der Waals surface area contributed by atoms with Crippen molar-refractivity contribution in [1.29, 1.82) is 0 Å². The highest BCUT2D eigenvalue weighted by Gasteiger charge is 2.56. The van der Waals surface area contributed by atoms with E-state index < -0.39 is 5.54 Å². The van der Waals surface area contributed by atoms with Crippen LogP contribution < -0.4 is 0 Å². The van der Waals surface area contributed by atoms with Crippen LogP contribution in [-0.2, 0) is 21.7 Å². The maximum Gasteiger partial charge on any atom is 0.325 e. The molecule has 0 spiro atoms. The zero-order valence-corrected chi connectivity index (χ0v) is 17.8. The summed E-state index contributed by atoms with van der Waals surface area (Å²) < 4.78 is 5.70. The average molecular weight is 420 g/mol. The summed E-state index contributed by atoms with van der Waals surface area (Å²) in [7, 11) is 0. The van der Waals surface area contributed by atoms with Crippen LogP contribution in [0.1, 0.15) is 22.3 Å². The Hall–Kier alpha value is -3.69. The van der Waals surface area contributed by atoms with E-state index in [0.717, 1.165) is 22.3 Å². The van der Waals surface area contributed by atoms with Crippen LogP contribution in [0.3, 0.4) is 0 Å². The van der Waals surface area contributed by atoms with E-state index in [4.69, 9.17) is 4.74 Å². The molecule has 158 valence electrons. The van der Waals surface area contributed by atoms with Crippen LogP contribution in [0.4, 0.5) is 0 Å². The molecule has 1 aliphatic heterocycles. The van der Waals surface area contributed by atoms with E-state index in [1.165, 1.54) is 0 Å². The van der Waals surface area contributed by atoms with Crippen molar-refractivity contribution in [1.82, 2.24) is 4.90 Å². The summed E-state index contributed by atoms with van der Waals surface area (Å²) in [6.45, 7) is 0.936. The number of carbonyl (C=O) groups excluding carboxylic acids is 1. The highest BCUT2D eigenvalue weighted by Crippen LogP contribution is 2.48. The molecule has 5 rings (SSSR count). The molecule has 0 saturated carbocycles. The lowest BCUT2D eigenvalue weighted by Crippen LogP contribution is -2.40. The molecule has 2 unspecified atom stereocenters. The predicted molar refractivity (Wildman–Crippen MR) is 126 cm³/mol. The van der Waals surface area contributed by atoms with E-state index in [9.17, 15) is 4.79 Å². The summed E-state index contributed by atoms with van der Waals surface area (Å²) in [6.07, 6.45) is 0. The predicted octanol–water partition coefficient (Wildman–Crippen LogP) is 5.41. The van der Waals surface area contributed by atoms with E-state index in [2.05, 4.69) is 77.7 Å². The summed E-state index contributed by atoms with van der Waals surface area (Å²) in [6, 6.07) is 40.8. The van der Waals surface area contributed by atoms with Gasteiger partial charge in [-0.2, -0.15) is 0 Å². The number of ether oxygens (including phenoxy) is 1. The topological polar surface area (TPSA) is 29.3 Å². The van der Waals surface area contributed by atoms with Gasteiger partial charge < -0.3 is 4.74 Å². The lowest BCUT2D eigenvalue weighted by Gasteiger charge is -2.38. The second-order valence-electron chi connectivity index (χ2n) is 8.07. The molecule has 0 aliphatic carbocycles. The summed E-state index contributed by atoms with van der Waals surface area (Å²) >= 11 is 0.